The van der Waals surface area contributed by atoms with E-state index < -0.39 is 0 Å². The highest BCUT2D eigenvalue weighted by molar-refractivity contribution is 6.30. The molecule has 2 aromatic heterocycles. The van der Waals surface area contributed by atoms with Crippen LogP contribution < -0.4 is 5.32 Å². The van der Waals surface area contributed by atoms with Gasteiger partial charge in [0.1, 0.15) is 5.52 Å². The summed E-state index contributed by atoms with van der Waals surface area (Å²) in [5.41, 5.74) is 3.89. The van der Waals surface area contributed by atoms with Crippen LogP contribution in [0.15, 0.2) is 95.9 Å². The number of anilines is 1. The molecule has 35 heavy (non-hydrogen) atoms. The third kappa shape index (κ3) is 5.70. The van der Waals surface area contributed by atoms with Crippen LogP contribution in [-0.4, -0.2) is 31.9 Å². The van der Waals surface area contributed by atoms with E-state index in [2.05, 4.69) is 15.3 Å². The van der Waals surface area contributed by atoms with E-state index in [1.807, 2.05) is 70.3 Å². The Morgan fingerprint density at radius 2 is 1.89 bits per heavy atom. The summed E-state index contributed by atoms with van der Waals surface area (Å²) in [6.07, 6.45) is 5.38. The molecule has 0 bridgehead atoms. The van der Waals surface area contributed by atoms with Crippen LogP contribution in [0.25, 0.3) is 11.1 Å². The number of nitrogens with one attached hydrogen (secondary N) is 1. The molecule has 176 valence electrons. The van der Waals surface area contributed by atoms with Crippen molar-refractivity contribution in [2.24, 2.45) is 0 Å². The number of fused-ring (bicyclic) bond motifs is 1. The summed E-state index contributed by atoms with van der Waals surface area (Å²) in [5, 5.41) is 3.86. The maximum Gasteiger partial charge on any atom is 0.295 e. The molecule has 0 atom stereocenters. The van der Waals surface area contributed by atoms with Crippen LogP contribution in [-0.2, 0) is 19.6 Å². The molecular formula is C27H24ClN5O2. The molecule has 0 saturated carbocycles. The van der Waals surface area contributed by atoms with Crippen LogP contribution in [0.5, 0.6) is 0 Å². The van der Waals surface area contributed by atoms with Crippen LogP contribution in [0.4, 0.5) is 6.01 Å². The minimum Gasteiger partial charge on any atom is -0.424 e. The molecule has 1 amide bonds. The van der Waals surface area contributed by atoms with E-state index in [0.29, 0.717) is 53.9 Å². The lowest BCUT2D eigenvalue weighted by Gasteiger charge is -2.23. The third-order valence-electron chi connectivity index (χ3n) is 5.66. The summed E-state index contributed by atoms with van der Waals surface area (Å²) in [5.74, 6) is -0.0627. The van der Waals surface area contributed by atoms with Gasteiger partial charge in [0.25, 0.3) is 11.9 Å². The molecule has 0 aliphatic rings. The number of nitrogens with zero attached hydrogens (tertiary/aromatic N) is 4. The van der Waals surface area contributed by atoms with Crippen LogP contribution in [0.1, 0.15) is 21.5 Å². The zero-order valence-electron chi connectivity index (χ0n) is 19.0. The maximum absolute atomic E-state index is 13.5. The molecule has 0 aliphatic heterocycles. The predicted octanol–water partition coefficient (Wildman–Crippen LogP) is 5.63. The number of oxazole rings is 1. The first-order valence-electron chi connectivity index (χ1n) is 11.3. The summed E-state index contributed by atoms with van der Waals surface area (Å²) in [6.45, 7) is 2.24. The molecule has 2 heterocycles. The number of rotatable bonds is 9. The average molecular weight is 486 g/mol. The number of carbonyl (C=O) groups is 1. The fourth-order valence-electron chi connectivity index (χ4n) is 3.85. The van der Waals surface area contributed by atoms with E-state index in [9.17, 15) is 4.79 Å². The molecule has 5 aromatic rings. The molecular weight excluding hydrogens is 462 g/mol. The van der Waals surface area contributed by atoms with E-state index in [4.69, 9.17) is 16.0 Å². The van der Waals surface area contributed by atoms with Crippen molar-refractivity contribution in [1.29, 1.82) is 0 Å². The van der Waals surface area contributed by atoms with E-state index in [1.54, 1.807) is 30.7 Å². The molecule has 5 rings (SSSR count). The minimum absolute atomic E-state index is 0.0627. The Labute approximate surface area is 208 Å². The first kappa shape index (κ1) is 22.7. The first-order chi connectivity index (χ1) is 17.1. The normalized spacial score (nSPS) is 11.0. The van der Waals surface area contributed by atoms with Gasteiger partial charge in [-0.15, -0.1) is 0 Å². The number of halogens is 1. The summed E-state index contributed by atoms with van der Waals surface area (Å²) >= 11 is 6.06. The largest absolute Gasteiger partial charge is 0.424 e. The van der Waals surface area contributed by atoms with Crippen molar-refractivity contribution in [2.45, 2.75) is 19.6 Å². The van der Waals surface area contributed by atoms with Crippen molar-refractivity contribution in [3.8, 4) is 0 Å². The summed E-state index contributed by atoms with van der Waals surface area (Å²) in [7, 11) is 0. The molecule has 8 heteroatoms. The third-order valence-corrected chi connectivity index (χ3v) is 5.89. The molecule has 0 saturated heterocycles. The maximum atomic E-state index is 13.5. The highest BCUT2D eigenvalue weighted by atomic mass is 35.5. The van der Waals surface area contributed by atoms with Gasteiger partial charge < -0.3 is 19.2 Å². The molecule has 0 spiro atoms. The van der Waals surface area contributed by atoms with E-state index in [1.165, 1.54) is 0 Å². The van der Waals surface area contributed by atoms with Crippen molar-refractivity contribution >= 4 is 34.6 Å². The molecule has 0 fully saturated rings. The van der Waals surface area contributed by atoms with Crippen molar-refractivity contribution < 1.29 is 9.21 Å². The topological polar surface area (TPSA) is 76.2 Å². The molecule has 0 aliphatic carbocycles. The number of hydrogen-bond acceptors (Lipinski definition) is 5. The van der Waals surface area contributed by atoms with Crippen LogP contribution in [0.2, 0.25) is 5.02 Å². The lowest BCUT2D eigenvalue weighted by molar-refractivity contribution is 0.0737. The molecule has 7 nitrogen and oxygen atoms in total. The molecule has 0 radical (unpaired) electrons. The van der Waals surface area contributed by atoms with Crippen molar-refractivity contribution in [1.82, 2.24) is 19.4 Å². The fourth-order valence-corrected chi connectivity index (χ4v) is 4.07. The zero-order valence-corrected chi connectivity index (χ0v) is 19.7. The van der Waals surface area contributed by atoms with Gasteiger partial charge in [0.05, 0.1) is 6.33 Å². The Morgan fingerprint density at radius 3 is 2.69 bits per heavy atom. The number of hydrogen-bond donors (Lipinski definition) is 1. The smallest absolute Gasteiger partial charge is 0.295 e. The van der Waals surface area contributed by atoms with Crippen molar-refractivity contribution in [2.75, 3.05) is 11.9 Å². The second kappa shape index (κ2) is 10.4. The van der Waals surface area contributed by atoms with E-state index in [-0.39, 0.29) is 5.91 Å². The lowest BCUT2D eigenvalue weighted by Crippen LogP contribution is -2.33. The fraction of sp³-hybridized carbons (Fsp3) is 0.148. The van der Waals surface area contributed by atoms with Gasteiger partial charge in [-0.2, -0.15) is 4.98 Å². The predicted molar refractivity (Wildman–Crippen MR) is 136 cm³/mol. The molecule has 1 N–H and O–H groups in total. The van der Waals surface area contributed by atoms with Gasteiger partial charge in [0.2, 0.25) is 0 Å². The highest BCUT2D eigenvalue weighted by Gasteiger charge is 2.18. The Kier molecular flexibility index (Phi) is 6.77. The Balaban J connectivity index is 1.33. The lowest BCUT2D eigenvalue weighted by atomic mass is 10.1. The summed E-state index contributed by atoms with van der Waals surface area (Å²) in [4.78, 5) is 24.0. The van der Waals surface area contributed by atoms with Crippen LogP contribution in [0, 0.1) is 0 Å². The molecule has 3 aromatic carbocycles. The zero-order chi connectivity index (χ0) is 24.0. The quantitative estimate of drug-likeness (QED) is 0.292. The Hall–Kier alpha value is -4.10. The molecule has 0 unspecified atom stereocenters. The minimum atomic E-state index is -0.0627. The number of carbonyl (C=O) groups excluding carboxylic acids is 1. The second-order valence-electron chi connectivity index (χ2n) is 8.20. The number of imidazole rings is 1. The van der Waals surface area contributed by atoms with E-state index >= 15 is 0 Å². The number of amides is 1. The van der Waals surface area contributed by atoms with Crippen molar-refractivity contribution in [3.63, 3.8) is 0 Å². The van der Waals surface area contributed by atoms with Gasteiger partial charge in [-0.05, 0) is 41.5 Å². The van der Waals surface area contributed by atoms with Gasteiger partial charge in [-0.3, -0.25) is 4.79 Å². The van der Waals surface area contributed by atoms with Gasteiger partial charge in [0.15, 0.2) is 5.58 Å². The standard InChI is InChI=1S/C27H24ClN5O2/c28-23-8-4-7-21(15-23)17-30-27-31-24-16-22(9-10-25(24)35-27)26(34)33(14-13-32-12-11-29-19-32)18-20-5-2-1-3-6-20/h1-12,15-16,19H,13-14,17-18H2,(H,30,31). The Bertz CT molecular complexity index is 1420. The van der Waals surface area contributed by atoms with Gasteiger partial charge in [-0.1, -0.05) is 54.1 Å². The summed E-state index contributed by atoms with van der Waals surface area (Å²) in [6, 6.07) is 23.3. The summed E-state index contributed by atoms with van der Waals surface area (Å²) < 4.78 is 7.78. The number of benzene rings is 3. The van der Waals surface area contributed by atoms with E-state index in [0.717, 1.165) is 11.1 Å². The number of aromatic nitrogens is 3. The van der Waals surface area contributed by atoms with Gasteiger partial charge >= 0.3 is 0 Å². The van der Waals surface area contributed by atoms with Gasteiger partial charge in [-0.25, -0.2) is 4.98 Å². The Morgan fingerprint density at radius 1 is 1.03 bits per heavy atom. The van der Waals surface area contributed by atoms with Gasteiger partial charge in [0, 0.05) is 49.2 Å². The van der Waals surface area contributed by atoms with Crippen molar-refractivity contribution in [3.05, 3.63) is 113 Å². The van der Waals surface area contributed by atoms with Crippen LogP contribution in [0.3, 0.4) is 0 Å². The average Bonchev–Trinajstić information content (AvgIpc) is 3.55. The monoisotopic (exact) mass is 485 g/mol. The van der Waals surface area contributed by atoms with Crippen LogP contribution >= 0.6 is 11.6 Å². The second-order valence-corrected chi connectivity index (χ2v) is 8.63. The highest BCUT2D eigenvalue weighted by Crippen LogP contribution is 2.22. The SMILES string of the molecule is O=C(c1ccc2oc(NCc3cccc(Cl)c3)nc2c1)N(CCn1ccnc1)Cc1ccccc1. The first-order valence-corrected chi connectivity index (χ1v) is 11.7.